The molecule has 0 spiro atoms. The number of hydrogen-bond acceptors (Lipinski definition) is 6. The first-order valence-corrected chi connectivity index (χ1v) is 34.7. The smallest absolute Gasteiger partial charge is 0.306 e. The first-order valence-electron chi connectivity index (χ1n) is 34.7. The Morgan fingerprint density at radius 1 is 0.253 bits per heavy atom. The molecule has 1 unspecified atom stereocenters. The van der Waals surface area contributed by atoms with Crippen LogP contribution in [0.3, 0.4) is 0 Å². The highest BCUT2D eigenvalue weighted by Gasteiger charge is 2.19. The van der Waals surface area contributed by atoms with Gasteiger partial charge in [0, 0.05) is 19.3 Å². The van der Waals surface area contributed by atoms with Gasteiger partial charge in [-0.1, -0.05) is 289 Å². The maximum absolute atomic E-state index is 13.0. The van der Waals surface area contributed by atoms with E-state index in [4.69, 9.17) is 14.2 Å². The molecule has 6 heteroatoms. The molecule has 0 heterocycles. The minimum absolute atomic E-state index is 0.0946. The summed E-state index contributed by atoms with van der Waals surface area (Å²) in [7, 11) is 0. The fourth-order valence-corrected chi connectivity index (χ4v) is 9.43. The summed E-state index contributed by atoms with van der Waals surface area (Å²) in [6.45, 7) is 6.48. The summed E-state index contributed by atoms with van der Waals surface area (Å²) in [5.41, 5.74) is 0. The summed E-state index contributed by atoms with van der Waals surface area (Å²) in [5.74, 6) is -0.919. The Morgan fingerprint density at radius 2 is 0.470 bits per heavy atom. The van der Waals surface area contributed by atoms with Gasteiger partial charge in [-0.15, -0.1) is 0 Å². The van der Waals surface area contributed by atoms with E-state index in [-0.39, 0.29) is 31.1 Å². The van der Waals surface area contributed by atoms with E-state index in [9.17, 15) is 14.4 Å². The lowest BCUT2D eigenvalue weighted by Gasteiger charge is -2.18. The highest BCUT2D eigenvalue weighted by atomic mass is 16.6. The Balaban J connectivity index is 4.42. The first kappa shape index (κ1) is 78.5. The topological polar surface area (TPSA) is 78.9 Å². The normalized spacial score (nSPS) is 13.0. The zero-order valence-electron chi connectivity index (χ0n) is 54.2. The van der Waals surface area contributed by atoms with Crippen LogP contribution in [0.2, 0.25) is 0 Å². The molecule has 0 amide bonds. The molecule has 83 heavy (non-hydrogen) atoms. The van der Waals surface area contributed by atoms with Gasteiger partial charge in [-0.3, -0.25) is 14.4 Å². The van der Waals surface area contributed by atoms with Gasteiger partial charge in [0.1, 0.15) is 13.2 Å². The molecule has 0 N–H and O–H groups in total. The minimum atomic E-state index is -0.800. The Kier molecular flexibility index (Phi) is 66.3. The lowest BCUT2D eigenvalue weighted by molar-refractivity contribution is -0.167. The van der Waals surface area contributed by atoms with E-state index in [0.717, 1.165) is 148 Å². The second-order valence-electron chi connectivity index (χ2n) is 22.7. The van der Waals surface area contributed by atoms with Crippen LogP contribution in [0.25, 0.3) is 0 Å². The van der Waals surface area contributed by atoms with Crippen molar-refractivity contribution < 1.29 is 28.6 Å². The van der Waals surface area contributed by atoms with E-state index in [2.05, 4.69) is 154 Å². The van der Waals surface area contributed by atoms with Crippen LogP contribution in [-0.2, 0) is 28.6 Å². The number of rotatable bonds is 62. The fourth-order valence-electron chi connectivity index (χ4n) is 9.43. The standard InChI is InChI=1S/C77H128O6/c1-4-7-10-13-16-19-22-25-28-30-32-34-36-38-40-42-44-46-49-52-55-58-61-64-67-70-76(79)82-73-74(72-81-75(78)69-66-63-60-57-54-51-48-27-24-21-18-15-12-9-6-3)83-77(80)71-68-65-62-59-56-53-50-47-45-43-41-39-37-35-33-31-29-26-23-20-17-14-11-8-5-2/h7,10,16,18-19,21,23,25-28,31-34,37-40,44,46,48,74H,4-6,8-9,11-15,17,20,22,24,29-30,35-36,41-43,45,47,49-73H2,1-3H3/b10-7-,19-16-,21-18-,26-23-,28-25-,33-31-,34-32-,39-37-,40-38-,46-44-,48-27-. The van der Waals surface area contributed by atoms with Crippen LogP contribution in [0.4, 0.5) is 0 Å². The third kappa shape index (κ3) is 68.2. The third-order valence-electron chi connectivity index (χ3n) is 14.6. The van der Waals surface area contributed by atoms with E-state index in [1.165, 1.54) is 128 Å². The Morgan fingerprint density at radius 3 is 0.759 bits per heavy atom. The van der Waals surface area contributed by atoms with Crippen molar-refractivity contribution in [2.24, 2.45) is 0 Å². The van der Waals surface area contributed by atoms with Gasteiger partial charge in [0.05, 0.1) is 0 Å². The fraction of sp³-hybridized carbons (Fsp3) is 0.675. The van der Waals surface area contributed by atoms with Gasteiger partial charge in [-0.2, -0.15) is 0 Å². The van der Waals surface area contributed by atoms with Crippen LogP contribution < -0.4 is 0 Å². The number of allylic oxidation sites excluding steroid dienone is 22. The second kappa shape index (κ2) is 70.0. The number of carbonyl (C=O) groups is 3. The number of carbonyl (C=O) groups excluding carboxylic acids is 3. The van der Waals surface area contributed by atoms with Gasteiger partial charge in [0.2, 0.25) is 0 Å². The Labute approximate surface area is 513 Å². The highest BCUT2D eigenvalue weighted by molar-refractivity contribution is 5.71. The molecule has 0 radical (unpaired) electrons. The van der Waals surface area contributed by atoms with Gasteiger partial charge in [0.25, 0.3) is 0 Å². The summed E-state index contributed by atoms with van der Waals surface area (Å²) in [5, 5.41) is 0. The molecule has 6 nitrogen and oxygen atoms in total. The largest absolute Gasteiger partial charge is 0.462 e. The molecule has 0 aliphatic heterocycles. The molecule has 0 saturated heterocycles. The van der Waals surface area contributed by atoms with Gasteiger partial charge >= 0.3 is 17.9 Å². The third-order valence-corrected chi connectivity index (χ3v) is 14.6. The maximum atomic E-state index is 13.0. The number of hydrogen-bond donors (Lipinski definition) is 0. The van der Waals surface area contributed by atoms with E-state index in [0.29, 0.717) is 19.3 Å². The van der Waals surface area contributed by atoms with Crippen molar-refractivity contribution in [3.8, 4) is 0 Å². The summed E-state index contributed by atoms with van der Waals surface area (Å²) in [6, 6.07) is 0. The number of unbranched alkanes of at least 4 members (excludes halogenated alkanes) is 29. The van der Waals surface area contributed by atoms with E-state index in [1.54, 1.807) is 0 Å². The zero-order valence-corrected chi connectivity index (χ0v) is 54.2. The maximum Gasteiger partial charge on any atom is 0.306 e. The molecule has 0 saturated carbocycles. The number of ether oxygens (including phenoxy) is 3. The average molecular weight is 1150 g/mol. The van der Waals surface area contributed by atoms with E-state index in [1.807, 2.05) is 0 Å². The van der Waals surface area contributed by atoms with Crippen molar-refractivity contribution in [2.75, 3.05) is 13.2 Å². The molecule has 472 valence electrons. The lowest BCUT2D eigenvalue weighted by Crippen LogP contribution is -2.30. The monoisotopic (exact) mass is 1150 g/mol. The van der Waals surface area contributed by atoms with Gasteiger partial charge in [-0.25, -0.2) is 0 Å². The van der Waals surface area contributed by atoms with Crippen molar-refractivity contribution in [1.82, 2.24) is 0 Å². The Hall–Kier alpha value is -4.45. The summed E-state index contributed by atoms with van der Waals surface area (Å²) >= 11 is 0. The quantitative estimate of drug-likeness (QED) is 0.0261. The molecular weight excluding hydrogens is 1020 g/mol. The highest BCUT2D eigenvalue weighted by Crippen LogP contribution is 2.16. The predicted octanol–water partition coefficient (Wildman–Crippen LogP) is 24.1. The van der Waals surface area contributed by atoms with Crippen LogP contribution in [0, 0.1) is 0 Å². The molecular formula is C77H128O6. The molecule has 1 atom stereocenters. The lowest BCUT2D eigenvalue weighted by atomic mass is 10.0. The van der Waals surface area contributed by atoms with Crippen molar-refractivity contribution in [1.29, 1.82) is 0 Å². The molecule has 0 bridgehead atoms. The second-order valence-corrected chi connectivity index (χ2v) is 22.7. The SMILES string of the molecule is CC/C=C\C/C=C\C/C=C\C/C=C\C/C=C\C/C=C\CCCCCCCCC(=O)OCC(COC(=O)CCCCCCC/C=C\C/C=C\CCCCC)OC(=O)CCCCCCCCCCCC/C=C\C/C=C\C/C=C\CCCCCCC. The van der Waals surface area contributed by atoms with Crippen LogP contribution in [0.5, 0.6) is 0 Å². The van der Waals surface area contributed by atoms with Gasteiger partial charge in [0.15, 0.2) is 6.10 Å². The summed E-state index contributed by atoms with van der Waals surface area (Å²) < 4.78 is 17.0. The molecule has 0 aromatic rings. The molecule has 0 rings (SSSR count). The van der Waals surface area contributed by atoms with E-state index >= 15 is 0 Å². The van der Waals surface area contributed by atoms with Gasteiger partial charge in [-0.05, 0) is 141 Å². The molecule has 0 aliphatic carbocycles. The molecule has 0 fully saturated rings. The molecule has 0 aromatic carbocycles. The zero-order chi connectivity index (χ0) is 59.9. The molecule has 0 aliphatic rings. The average Bonchev–Trinajstić information content (AvgIpc) is 3.49. The summed E-state index contributed by atoms with van der Waals surface area (Å²) in [6.07, 6.45) is 98.9. The van der Waals surface area contributed by atoms with Crippen molar-refractivity contribution in [2.45, 2.75) is 322 Å². The van der Waals surface area contributed by atoms with Crippen LogP contribution in [0.1, 0.15) is 316 Å². The predicted molar refractivity (Wildman–Crippen MR) is 362 cm³/mol. The van der Waals surface area contributed by atoms with Crippen molar-refractivity contribution >= 4 is 17.9 Å². The van der Waals surface area contributed by atoms with Crippen molar-refractivity contribution in [3.63, 3.8) is 0 Å². The first-order chi connectivity index (χ1) is 41.0. The van der Waals surface area contributed by atoms with Crippen molar-refractivity contribution in [3.05, 3.63) is 134 Å². The van der Waals surface area contributed by atoms with E-state index < -0.39 is 6.10 Å². The van der Waals surface area contributed by atoms with Crippen LogP contribution in [-0.4, -0.2) is 37.2 Å². The Bertz CT molecular complexity index is 1750. The summed E-state index contributed by atoms with van der Waals surface area (Å²) in [4.78, 5) is 38.5. The number of esters is 3. The minimum Gasteiger partial charge on any atom is -0.462 e. The molecule has 0 aromatic heterocycles. The van der Waals surface area contributed by atoms with Crippen LogP contribution in [0.15, 0.2) is 134 Å². The van der Waals surface area contributed by atoms with Crippen LogP contribution >= 0.6 is 0 Å². The van der Waals surface area contributed by atoms with Gasteiger partial charge < -0.3 is 14.2 Å².